The summed E-state index contributed by atoms with van der Waals surface area (Å²) in [5, 5.41) is 4.31. The third kappa shape index (κ3) is 11.1. The highest BCUT2D eigenvalue weighted by Crippen LogP contribution is 2.30. The maximum absolute atomic E-state index is 12.9. The topological polar surface area (TPSA) is 67.9 Å². The molecule has 0 atom stereocenters. The van der Waals surface area contributed by atoms with E-state index in [0.717, 1.165) is 12.0 Å². The lowest BCUT2D eigenvalue weighted by Crippen LogP contribution is -2.26. The summed E-state index contributed by atoms with van der Waals surface area (Å²) in [4.78, 5) is 30.0. The minimum absolute atomic E-state index is 0.102. The molecule has 0 spiro atoms. The van der Waals surface area contributed by atoms with Crippen molar-refractivity contribution in [1.29, 1.82) is 0 Å². The van der Waals surface area contributed by atoms with Crippen molar-refractivity contribution in [3.63, 3.8) is 0 Å². The second kappa shape index (κ2) is 15.4. The monoisotopic (exact) mass is 698 g/mol. The number of nitrogens with one attached hydrogen (secondary N) is 1. The van der Waals surface area contributed by atoms with Crippen LogP contribution in [0.25, 0.3) is 0 Å². The third-order valence-electron chi connectivity index (χ3n) is 6.06. The quantitative estimate of drug-likeness (QED) is 0.144. The fourth-order valence-electron chi connectivity index (χ4n) is 4.05. The molecule has 0 fully saturated rings. The first kappa shape index (κ1) is 32.6. The number of nitrogens with zero attached hydrogens (tertiary/aromatic N) is 1. The van der Waals surface area contributed by atoms with Gasteiger partial charge in [0.15, 0.2) is 0 Å². The van der Waals surface area contributed by atoms with Gasteiger partial charge in [0, 0.05) is 28.0 Å². The summed E-state index contributed by atoms with van der Waals surface area (Å²) >= 11 is 7.03. The van der Waals surface area contributed by atoms with Gasteiger partial charge >= 0.3 is 12.3 Å². The van der Waals surface area contributed by atoms with Crippen molar-refractivity contribution in [2.75, 3.05) is 0 Å². The van der Waals surface area contributed by atoms with Crippen LogP contribution in [-0.2, 0) is 35.7 Å². The van der Waals surface area contributed by atoms with Crippen molar-refractivity contribution >= 4 is 43.7 Å². The molecular formula is C30H31Br2F3N2O4. The Morgan fingerprint density at radius 2 is 1.46 bits per heavy atom. The van der Waals surface area contributed by atoms with Crippen molar-refractivity contribution in [2.24, 2.45) is 0 Å². The largest absolute Gasteiger partial charge is 0.573 e. The number of rotatable bonds is 13. The molecule has 11 heteroatoms. The van der Waals surface area contributed by atoms with E-state index in [1.54, 1.807) is 12.1 Å². The van der Waals surface area contributed by atoms with Gasteiger partial charge in [-0.2, -0.15) is 0 Å². The van der Waals surface area contributed by atoms with Crippen molar-refractivity contribution in [3.8, 4) is 5.75 Å². The van der Waals surface area contributed by atoms with Crippen LogP contribution >= 0.6 is 31.9 Å². The minimum atomic E-state index is -4.79. The van der Waals surface area contributed by atoms with E-state index in [1.807, 2.05) is 12.1 Å². The van der Waals surface area contributed by atoms with E-state index in [1.165, 1.54) is 61.1 Å². The van der Waals surface area contributed by atoms with E-state index in [4.69, 9.17) is 4.84 Å². The van der Waals surface area contributed by atoms with E-state index in [2.05, 4.69) is 61.0 Å². The molecule has 6 nitrogen and oxygen atoms in total. The van der Waals surface area contributed by atoms with Gasteiger partial charge < -0.3 is 14.9 Å². The summed E-state index contributed by atoms with van der Waals surface area (Å²) in [6.07, 6.45) is -0.178. The van der Waals surface area contributed by atoms with Gasteiger partial charge in [-0.25, -0.2) is 0 Å². The van der Waals surface area contributed by atoms with Crippen LogP contribution in [0.2, 0.25) is 0 Å². The maximum atomic E-state index is 12.9. The zero-order valence-corrected chi connectivity index (χ0v) is 25.9. The Kier molecular flexibility index (Phi) is 12.2. The summed E-state index contributed by atoms with van der Waals surface area (Å²) in [6.45, 7) is 4.06. The first-order valence-corrected chi connectivity index (χ1v) is 14.6. The highest BCUT2D eigenvalue weighted by molar-refractivity contribution is 9.11. The Hall–Kier alpha value is -2.89. The smallest absolute Gasteiger partial charge is 0.406 e. The van der Waals surface area contributed by atoms with E-state index in [-0.39, 0.29) is 24.7 Å². The van der Waals surface area contributed by atoms with Gasteiger partial charge in [0.2, 0.25) is 0 Å². The second-order valence-electron chi connectivity index (χ2n) is 9.45. The molecule has 3 rings (SSSR count). The molecule has 220 valence electrons. The molecule has 0 bridgehead atoms. The molecule has 0 aromatic heterocycles. The Morgan fingerprint density at radius 1 is 0.878 bits per heavy atom. The van der Waals surface area contributed by atoms with E-state index < -0.39 is 12.3 Å². The zero-order chi connectivity index (χ0) is 30.0. The van der Waals surface area contributed by atoms with Gasteiger partial charge in [-0.15, -0.1) is 18.2 Å². The number of halogens is 5. The molecule has 0 heterocycles. The van der Waals surface area contributed by atoms with Gasteiger partial charge in [0.25, 0.3) is 5.91 Å². The molecule has 3 aromatic carbocycles. The van der Waals surface area contributed by atoms with Crippen LogP contribution in [0, 0.1) is 0 Å². The number of amides is 1. The summed E-state index contributed by atoms with van der Waals surface area (Å²) in [5.41, 5.74) is 4.02. The lowest BCUT2D eigenvalue weighted by atomic mass is 10.1. The number of hydrogen-bond donors (Lipinski definition) is 1. The van der Waals surface area contributed by atoms with Crippen molar-refractivity contribution in [2.45, 2.75) is 65.5 Å². The standard InChI is InChI=1S/C30H31Br2F3N2O4/c1-3-4-5-6-21-7-9-22(10-8-21)17-36-29(39)24-15-27(31)26(28(32)16-24)19-37(41-20(2)38)18-23-11-13-25(14-12-23)40-30(33,34)35/h7-16H,3-6,17-19H2,1-2H3,(H,36,39). The molecule has 0 aliphatic carbocycles. The van der Waals surface area contributed by atoms with Crippen LogP contribution in [0.15, 0.2) is 69.6 Å². The molecule has 0 saturated carbocycles. The first-order chi connectivity index (χ1) is 19.4. The number of hydroxylamine groups is 2. The van der Waals surface area contributed by atoms with Gasteiger partial charge in [-0.1, -0.05) is 88.0 Å². The lowest BCUT2D eigenvalue weighted by molar-refractivity contribution is -0.274. The lowest BCUT2D eigenvalue weighted by Gasteiger charge is -2.22. The van der Waals surface area contributed by atoms with Crippen molar-refractivity contribution in [3.05, 3.63) is 97.4 Å². The molecule has 0 aliphatic heterocycles. The predicted octanol–water partition coefficient (Wildman–Crippen LogP) is 8.25. The van der Waals surface area contributed by atoms with Crippen LogP contribution in [0.5, 0.6) is 5.75 Å². The highest BCUT2D eigenvalue weighted by Gasteiger charge is 2.31. The minimum Gasteiger partial charge on any atom is -0.406 e. The Balaban J connectivity index is 1.64. The van der Waals surface area contributed by atoms with Crippen LogP contribution in [0.1, 0.15) is 65.7 Å². The fraction of sp³-hybridized carbons (Fsp3) is 0.333. The van der Waals surface area contributed by atoms with Crippen LogP contribution < -0.4 is 10.1 Å². The summed E-state index contributed by atoms with van der Waals surface area (Å²) in [5.74, 6) is -1.15. The summed E-state index contributed by atoms with van der Waals surface area (Å²) < 4.78 is 42.5. The third-order valence-corrected chi connectivity index (χ3v) is 7.47. The normalized spacial score (nSPS) is 11.4. The molecule has 0 saturated heterocycles. The average molecular weight is 700 g/mol. The average Bonchev–Trinajstić information content (AvgIpc) is 2.90. The molecule has 0 unspecified atom stereocenters. The van der Waals surface area contributed by atoms with Crippen LogP contribution in [-0.4, -0.2) is 23.3 Å². The summed E-state index contributed by atoms with van der Waals surface area (Å²) in [7, 11) is 0. The Morgan fingerprint density at radius 3 is 2.02 bits per heavy atom. The van der Waals surface area contributed by atoms with E-state index >= 15 is 0 Å². The van der Waals surface area contributed by atoms with Gasteiger partial charge in [-0.05, 0) is 59.4 Å². The van der Waals surface area contributed by atoms with Gasteiger partial charge in [-0.3, -0.25) is 9.59 Å². The molecule has 0 aliphatic rings. The maximum Gasteiger partial charge on any atom is 0.573 e. The van der Waals surface area contributed by atoms with E-state index in [9.17, 15) is 22.8 Å². The fourth-order valence-corrected chi connectivity index (χ4v) is 5.49. The molecular weight excluding hydrogens is 669 g/mol. The second-order valence-corrected chi connectivity index (χ2v) is 11.2. The predicted molar refractivity (Wildman–Crippen MR) is 157 cm³/mol. The SMILES string of the molecule is CCCCCc1ccc(CNC(=O)c2cc(Br)c(CN(Cc3ccc(OC(F)(F)F)cc3)OC(C)=O)c(Br)c2)cc1. The first-order valence-electron chi connectivity index (χ1n) is 13.1. The van der Waals surface area contributed by atoms with E-state index in [0.29, 0.717) is 32.2 Å². The Bertz CT molecular complexity index is 1290. The molecule has 0 radical (unpaired) electrons. The van der Waals surface area contributed by atoms with Gasteiger partial charge in [0.05, 0.1) is 13.1 Å². The highest BCUT2D eigenvalue weighted by atomic mass is 79.9. The van der Waals surface area contributed by atoms with Crippen LogP contribution in [0.4, 0.5) is 13.2 Å². The number of alkyl halides is 3. The number of aryl methyl sites for hydroxylation is 1. The number of hydrogen-bond acceptors (Lipinski definition) is 5. The number of benzene rings is 3. The number of unbranched alkanes of at least 4 members (excludes halogenated alkanes) is 2. The zero-order valence-electron chi connectivity index (χ0n) is 22.7. The number of ether oxygens (including phenoxy) is 1. The van der Waals surface area contributed by atoms with Crippen LogP contribution in [0.3, 0.4) is 0 Å². The molecule has 3 aromatic rings. The van der Waals surface area contributed by atoms with Gasteiger partial charge in [0.1, 0.15) is 5.75 Å². The van der Waals surface area contributed by atoms with Crippen molar-refractivity contribution in [1.82, 2.24) is 10.4 Å². The Labute approximate surface area is 254 Å². The molecule has 1 N–H and O–H groups in total. The summed E-state index contributed by atoms with van der Waals surface area (Å²) in [6, 6.07) is 16.9. The number of carbonyl (C=O) groups excluding carboxylic acids is 2. The number of carbonyl (C=O) groups is 2. The van der Waals surface area contributed by atoms with Crippen molar-refractivity contribution < 1.29 is 32.3 Å². The molecule has 41 heavy (non-hydrogen) atoms. The molecule has 1 amide bonds.